The largest absolute Gasteiger partial charge is 0.332 e. The maximum atomic E-state index is 12.9. The molecule has 1 amide bonds. The van der Waals surface area contributed by atoms with Crippen LogP contribution in [0.4, 0.5) is 5.69 Å². The van der Waals surface area contributed by atoms with E-state index in [1.807, 2.05) is 49.4 Å². The number of hydrogen-bond donors (Lipinski definition) is 1. The van der Waals surface area contributed by atoms with Gasteiger partial charge in [0, 0.05) is 25.3 Å². The van der Waals surface area contributed by atoms with Crippen molar-refractivity contribution in [3.05, 3.63) is 75.2 Å². The maximum Gasteiger partial charge on any atom is 0.332 e. The summed E-state index contributed by atoms with van der Waals surface area (Å²) >= 11 is 1.59. The molecule has 0 unspecified atom stereocenters. The summed E-state index contributed by atoms with van der Waals surface area (Å²) in [5, 5.41) is 3.81. The number of para-hydroxylation sites is 1. The lowest BCUT2D eigenvalue weighted by Gasteiger charge is -2.12. The summed E-state index contributed by atoms with van der Waals surface area (Å²) in [5.41, 5.74) is 2.90. The third-order valence-electron chi connectivity index (χ3n) is 5.58. The zero-order valence-electron chi connectivity index (χ0n) is 18.2. The number of benzene rings is 2. The second-order valence-electron chi connectivity index (χ2n) is 7.82. The lowest BCUT2D eigenvalue weighted by Crippen LogP contribution is -2.37. The Hall–Kier alpha value is -4.05. The molecule has 0 aliphatic rings. The fraction of sp³-hybridized carbons (Fsp3) is 0.174. The number of nitrogens with zero attached hydrogens (tertiary/aromatic N) is 5. The van der Waals surface area contributed by atoms with Crippen molar-refractivity contribution in [2.75, 3.05) is 5.32 Å². The quantitative estimate of drug-likeness (QED) is 0.444. The van der Waals surface area contributed by atoms with Crippen molar-refractivity contribution in [3.63, 3.8) is 0 Å². The smallest absolute Gasteiger partial charge is 0.324 e. The van der Waals surface area contributed by atoms with Crippen LogP contribution >= 0.6 is 11.3 Å². The van der Waals surface area contributed by atoms with Crippen LogP contribution in [-0.2, 0) is 25.4 Å². The van der Waals surface area contributed by atoms with Gasteiger partial charge >= 0.3 is 5.69 Å². The van der Waals surface area contributed by atoms with Crippen molar-refractivity contribution in [2.24, 2.45) is 14.1 Å². The van der Waals surface area contributed by atoms with Gasteiger partial charge in [0.25, 0.3) is 5.56 Å². The SMILES string of the molecule is Cc1ccc(-c2nc3ccccc3s2)cc1NC(=O)Cn1cnc2c(=O)n(C)c(=O)n(C)c21. The zero-order chi connectivity index (χ0) is 23.3. The summed E-state index contributed by atoms with van der Waals surface area (Å²) in [7, 11) is 2.95. The van der Waals surface area contributed by atoms with Gasteiger partial charge in [-0.25, -0.2) is 14.8 Å². The van der Waals surface area contributed by atoms with Crippen LogP contribution in [0.3, 0.4) is 0 Å². The normalized spacial score (nSPS) is 11.4. The summed E-state index contributed by atoms with van der Waals surface area (Å²) in [6.07, 6.45) is 1.40. The zero-order valence-corrected chi connectivity index (χ0v) is 19.0. The van der Waals surface area contributed by atoms with Gasteiger partial charge in [0.15, 0.2) is 5.52 Å². The molecular weight excluding hydrogens is 440 g/mol. The molecule has 0 fully saturated rings. The van der Waals surface area contributed by atoms with E-state index in [1.165, 1.54) is 22.5 Å². The number of aryl methyl sites for hydroxylation is 2. The Morgan fingerprint density at radius 2 is 1.88 bits per heavy atom. The van der Waals surface area contributed by atoms with Gasteiger partial charge in [-0.3, -0.25) is 18.7 Å². The number of carbonyl (C=O) groups excluding carboxylic acids is 1. The monoisotopic (exact) mass is 460 g/mol. The first-order valence-corrected chi connectivity index (χ1v) is 11.0. The predicted octanol–water partition coefficient (Wildman–Crippen LogP) is 2.66. The number of rotatable bonds is 4. The molecule has 33 heavy (non-hydrogen) atoms. The van der Waals surface area contributed by atoms with Crippen LogP contribution in [0.2, 0.25) is 0 Å². The molecule has 10 heteroatoms. The third kappa shape index (κ3) is 3.54. The lowest BCUT2D eigenvalue weighted by molar-refractivity contribution is -0.116. The van der Waals surface area contributed by atoms with E-state index >= 15 is 0 Å². The van der Waals surface area contributed by atoms with Crippen molar-refractivity contribution in [1.29, 1.82) is 0 Å². The van der Waals surface area contributed by atoms with Gasteiger partial charge in [0.1, 0.15) is 17.2 Å². The molecule has 1 N–H and O–H groups in total. The van der Waals surface area contributed by atoms with Crippen LogP contribution in [0.25, 0.3) is 32.0 Å². The number of imidazole rings is 1. The molecule has 0 saturated heterocycles. The highest BCUT2D eigenvalue weighted by molar-refractivity contribution is 7.21. The van der Waals surface area contributed by atoms with Gasteiger partial charge in [0.05, 0.1) is 16.5 Å². The summed E-state index contributed by atoms with van der Waals surface area (Å²) < 4.78 is 4.91. The molecular formula is C23H20N6O3S. The summed E-state index contributed by atoms with van der Waals surface area (Å²) in [4.78, 5) is 46.3. The van der Waals surface area contributed by atoms with Crippen molar-refractivity contribution < 1.29 is 4.79 Å². The fourth-order valence-corrected chi connectivity index (χ4v) is 4.75. The average molecular weight is 461 g/mol. The Balaban J connectivity index is 1.44. The molecule has 9 nitrogen and oxygen atoms in total. The summed E-state index contributed by atoms with van der Waals surface area (Å²) in [6, 6.07) is 13.8. The van der Waals surface area contributed by atoms with Gasteiger partial charge < -0.3 is 9.88 Å². The van der Waals surface area contributed by atoms with Crippen LogP contribution in [0, 0.1) is 6.92 Å². The van der Waals surface area contributed by atoms with Crippen molar-refractivity contribution in [1.82, 2.24) is 23.7 Å². The van der Waals surface area contributed by atoms with E-state index in [2.05, 4.69) is 10.3 Å². The number of fused-ring (bicyclic) bond motifs is 2. The molecule has 0 aliphatic carbocycles. The van der Waals surface area contributed by atoms with Gasteiger partial charge in [-0.05, 0) is 30.7 Å². The Bertz CT molecular complexity index is 1640. The van der Waals surface area contributed by atoms with E-state index < -0.39 is 11.2 Å². The minimum absolute atomic E-state index is 0.0955. The molecule has 0 spiro atoms. The fourth-order valence-electron chi connectivity index (χ4n) is 3.79. The van der Waals surface area contributed by atoms with Gasteiger partial charge in [0.2, 0.25) is 5.91 Å². The topological polar surface area (TPSA) is 104 Å². The Labute approximate surface area is 191 Å². The van der Waals surface area contributed by atoms with Crippen LogP contribution in [0.1, 0.15) is 5.56 Å². The number of carbonyl (C=O) groups is 1. The maximum absolute atomic E-state index is 12.9. The van der Waals surface area contributed by atoms with Crippen LogP contribution in [0.5, 0.6) is 0 Å². The highest BCUT2D eigenvalue weighted by Gasteiger charge is 2.16. The van der Waals surface area contributed by atoms with E-state index in [-0.39, 0.29) is 18.0 Å². The molecule has 0 radical (unpaired) electrons. The standard InChI is InChI=1S/C23H20N6O3S/c1-13-8-9-14(20-26-15-6-4-5-7-17(15)33-20)10-16(13)25-18(30)11-29-12-24-19-21(29)27(2)23(32)28(3)22(19)31/h4-10,12H,11H2,1-3H3,(H,25,30). The van der Waals surface area contributed by atoms with E-state index in [1.54, 1.807) is 18.4 Å². The Morgan fingerprint density at radius 3 is 2.67 bits per heavy atom. The minimum atomic E-state index is -0.494. The number of anilines is 1. The molecule has 166 valence electrons. The van der Waals surface area contributed by atoms with Gasteiger partial charge in [-0.1, -0.05) is 24.3 Å². The molecule has 3 aromatic heterocycles. The van der Waals surface area contributed by atoms with Crippen LogP contribution in [0.15, 0.2) is 58.4 Å². The first kappa shape index (κ1) is 20.8. The van der Waals surface area contributed by atoms with E-state index in [0.717, 1.165) is 30.9 Å². The second kappa shape index (κ2) is 7.82. The molecule has 0 aliphatic heterocycles. The summed E-state index contributed by atoms with van der Waals surface area (Å²) in [6.45, 7) is 1.82. The molecule has 0 bridgehead atoms. The number of nitrogens with one attached hydrogen (secondary N) is 1. The molecule has 5 rings (SSSR count). The van der Waals surface area contributed by atoms with Gasteiger partial charge in [-0.2, -0.15) is 0 Å². The highest BCUT2D eigenvalue weighted by atomic mass is 32.1. The Kier molecular flexibility index (Phi) is 4.94. The highest BCUT2D eigenvalue weighted by Crippen LogP contribution is 2.32. The molecule has 0 saturated carbocycles. The average Bonchev–Trinajstić information content (AvgIpc) is 3.42. The van der Waals surface area contributed by atoms with Crippen LogP contribution < -0.4 is 16.6 Å². The van der Waals surface area contributed by atoms with Crippen molar-refractivity contribution >= 4 is 44.3 Å². The molecule has 2 aromatic carbocycles. The van der Waals surface area contributed by atoms with Gasteiger partial charge in [-0.15, -0.1) is 11.3 Å². The van der Waals surface area contributed by atoms with Crippen molar-refractivity contribution in [2.45, 2.75) is 13.5 Å². The number of thiazole rings is 1. The number of amides is 1. The minimum Gasteiger partial charge on any atom is -0.324 e. The summed E-state index contributed by atoms with van der Waals surface area (Å²) in [5.74, 6) is -0.299. The lowest BCUT2D eigenvalue weighted by atomic mass is 10.1. The van der Waals surface area contributed by atoms with Crippen molar-refractivity contribution in [3.8, 4) is 10.6 Å². The third-order valence-corrected chi connectivity index (χ3v) is 6.66. The first-order chi connectivity index (χ1) is 15.8. The first-order valence-electron chi connectivity index (χ1n) is 10.2. The number of hydrogen-bond acceptors (Lipinski definition) is 6. The van der Waals surface area contributed by atoms with E-state index in [9.17, 15) is 14.4 Å². The van der Waals surface area contributed by atoms with Crippen LogP contribution in [-0.4, -0.2) is 29.6 Å². The number of aromatic nitrogens is 5. The molecule has 5 aromatic rings. The van der Waals surface area contributed by atoms with E-state index in [4.69, 9.17) is 4.98 Å². The second-order valence-corrected chi connectivity index (χ2v) is 8.85. The predicted molar refractivity (Wildman–Crippen MR) is 129 cm³/mol. The Morgan fingerprint density at radius 1 is 1.09 bits per heavy atom. The molecule has 3 heterocycles. The van der Waals surface area contributed by atoms with E-state index in [0.29, 0.717) is 11.3 Å². The molecule has 0 atom stereocenters.